The monoisotopic (exact) mass is 330 g/mol. The van der Waals surface area contributed by atoms with Crippen LogP contribution in [0.3, 0.4) is 0 Å². The third-order valence-corrected chi connectivity index (χ3v) is 4.06. The maximum atomic E-state index is 12.3. The number of carbonyl (C=O) groups excluding carboxylic acids is 1. The van der Waals surface area contributed by atoms with Crippen molar-refractivity contribution >= 4 is 11.6 Å². The summed E-state index contributed by atoms with van der Waals surface area (Å²) in [5, 5.41) is 7.28. The van der Waals surface area contributed by atoms with Gasteiger partial charge in [0, 0.05) is 19.2 Å². The summed E-state index contributed by atoms with van der Waals surface area (Å²) in [6.07, 6.45) is 0. The number of amides is 1. The van der Waals surface area contributed by atoms with Crippen LogP contribution in [0.15, 0.2) is 18.2 Å². The van der Waals surface area contributed by atoms with Crippen molar-refractivity contribution in [1.82, 2.24) is 14.7 Å². The number of aryl methyl sites for hydroxylation is 3. The van der Waals surface area contributed by atoms with Gasteiger partial charge in [-0.3, -0.25) is 14.4 Å². The van der Waals surface area contributed by atoms with E-state index in [1.165, 1.54) is 5.56 Å². The molecule has 1 aromatic heterocycles. The summed E-state index contributed by atoms with van der Waals surface area (Å²) in [6.45, 7) is 6.82. The molecule has 6 nitrogen and oxygen atoms in total. The first-order valence-electron chi connectivity index (χ1n) is 7.94. The van der Waals surface area contributed by atoms with Gasteiger partial charge in [0.1, 0.15) is 5.75 Å². The van der Waals surface area contributed by atoms with Crippen LogP contribution < -0.4 is 10.1 Å². The van der Waals surface area contributed by atoms with Crippen molar-refractivity contribution in [2.45, 2.75) is 27.3 Å². The van der Waals surface area contributed by atoms with E-state index in [-0.39, 0.29) is 5.91 Å². The average Bonchev–Trinajstić information content (AvgIpc) is 2.73. The van der Waals surface area contributed by atoms with Crippen LogP contribution in [0.4, 0.5) is 5.69 Å². The van der Waals surface area contributed by atoms with E-state index in [4.69, 9.17) is 4.74 Å². The molecule has 1 amide bonds. The van der Waals surface area contributed by atoms with E-state index >= 15 is 0 Å². The maximum Gasteiger partial charge on any atom is 0.238 e. The number of methoxy groups -OCH3 is 1. The summed E-state index contributed by atoms with van der Waals surface area (Å²) in [5.41, 5.74) is 4.81. The number of hydrogen-bond acceptors (Lipinski definition) is 4. The fourth-order valence-electron chi connectivity index (χ4n) is 2.76. The van der Waals surface area contributed by atoms with Gasteiger partial charge in [0.2, 0.25) is 5.91 Å². The number of carbonyl (C=O) groups is 1. The summed E-state index contributed by atoms with van der Waals surface area (Å²) in [6, 6.07) is 6.06. The van der Waals surface area contributed by atoms with E-state index in [1.807, 2.05) is 51.9 Å². The number of likely N-dealkylation sites (N-methyl/N-ethyl adjacent to an activating group) is 1. The second-order valence-corrected chi connectivity index (χ2v) is 6.21. The highest BCUT2D eigenvalue weighted by Gasteiger charge is 2.15. The van der Waals surface area contributed by atoms with E-state index in [0.717, 1.165) is 28.4 Å². The summed E-state index contributed by atoms with van der Waals surface area (Å²) in [4.78, 5) is 14.3. The van der Waals surface area contributed by atoms with Crippen molar-refractivity contribution in [3.63, 3.8) is 0 Å². The van der Waals surface area contributed by atoms with Crippen LogP contribution in [0.2, 0.25) is 0 Å². The quantitative estimate of drug-likeness (QED) is 0.884. The van der Waals surface area contributed by atoms with Crippen molar-refractivity contribution in [2.75, 3.05) is 26.0 Å². The van der Waals surface area contributed by atoms with E-state index in [9.17, 15) is 4.79 Å². The summed E-state index contributed by atoms with van der Waals surface area (Å²) >= 11 is 0. The second kappa shape index (κ2) is 7.49. The van der Waals surface area contributed by atoms with Gasteiger partial charge in [0.15, 0.2) is 0 Å². The van der Waals surface area contributed by atoms with Crippen LogP contribution in [0.1, 0.15) is 22.5 Å². The van der Waals surface area contributed by atoms with Crippen molar-refractivity contribution in [3.05, 3.63) is 40.7 Å². The number of rotatable bonds is 6. The Labute approximate surface area is 143 Å². The molecule has 0 bridgehead atoms. The van der Waals surface area contributed by atoms with Crippen molar-refractivity contribution in [1.29, 1.82) is 0 Å². The minimum atomic E-state index is -0.0525. The predicted molar refractivity (Wildman–Crippen MR) is 95.4 cm³/mol. The fraction of sp³-hybridized carbons (Fsp3) is 0.444. The van der Waals surface area contributed by atoms with Gasteiger partial charge in [-0.2, -0.15) is 5.10 Å². The zero-order valence-corrected chi connectivity index (χ0v) is 15.3. The van der Waals surface area contributed by atoms with Gasteiger partial charge in [0.25, 0.3) is 0 Å². The van der Waals surface area contributed by atoms with Crippen molar-refractivity contribution < 1.29 is 9.53 Å². The van der Waals surface area contributed by atoms with Gasteiger partial charge in [-0.15, -0.1) is 0 Å². The molecule has 0 saturated heterocycles. The Bertz CT molecular complexity index is 737. The average molecular weight is 330 g/mol. The number of hydrogen-bond donors (Lipinski definition) is 1. The number of nitrogens with zero attached hydrogens (tertiary/aromatic N) is 3. The van der Waals surface area contributed by atoms with E-state index in [1.54, 1.807) is 11.8 Å². The highest BCUT2D eigenvalue weighted by atomic mass is 16.5. The Hall–Kier alpha value is -2.34. The molecule has 2 rings (SSSR count). The highest BCUT2D eigenvalue weighted by molar-refractivity contribution is 5.93. The molecule has 0 aliphatic heterocycles. The number of aromatic nitrogens is 2. The molecule has 2 aromatic rings. The second-order valence-electron chi connectivity index (χ2n) is 6.21. The lowest BCUT2D eigenvalue weighted by Gasteiger charge is -2.18. The molecule has 1 aromatic carbocycles. The normalized spacial score (nSPS) is 11.0. The largest absolute Gasteiger partial charge is 0.496 e. The first-order chi connectivity index (χ1) is 11.3. The Morgan fingerprint density at radius 2 is 2.04 bits per heavy atom. The molecule has 0 radical (unpaired) electrons. The molecule has 24 heavy (non-hydrogen) atoms. The van der Waals surface area contributed by atoms with Crippen LogP contribution in [0.25, 0.3) is 0 Å². The Kier molecular flexibility index (Phi) is 5.62. The number of ether oxygens (including phenoxy) is 1. The fourth-order valence-corrected chi connectivity index (χ4v) is 2.76. The first kappa shape index (κ1) is 18.0. The highest BCUT2D eigenvalue weighted by Crippen LogP contribution is 2.21. The molecule has 0 aliphatic carbocycles. The SMILES string of the molecule is COc1ccc(C)cc1CN(C)CC(=O)Nc1c(C)nn(C)c1C. The van der Waals surface area contributed by atoms with Gasteiger partial charge in [-0.05, 0) is 33.9 Å². The van der Waals surface area contributed by atoms with Crippen LogP contribution in [0, 0.1) is 20.8 Å². The molecule has 0 unspecified atom stereocenters. The molecule has 1 heterocycles. The Morgan fingerprint density at radius 1 is 1.33 bits per heavy atom. The lowest BCUT2D eigenvalue weighted by Crippen LogP contribution is -2.30. The number of nitrogens with one attached hydrogen (secondary N) is 1. The Balaban J connectivity index is 2.00. The molecule has 1 N–H and O–H groups in total. The van der Waals surface area contributed by atoms with Crippen LogP contribution in [-0.2, 0) is 18.4 Å². The van der Waals surface area contributed by atoms with Gasteiger partial charge in [-0.25, -0.2) is 0 Å². The summed E-state index contributed by atoms with van der Waals surface area (Å²) in [5.74, 6) is 0.787. The minimum Gasteiger partial charge on any atom is -0.496 e. The van der Waals surface area contributed by atoms with Crippen LogP contribution >= 0.6 is 0 Å². The third-order valence-electron chi connectivity index (χ3n) is 4.06. The summed E-state index contributed by atoms with van der Waals surface area (Å²) < 4.78 is 7.17. The van der Waals surface area contributed by atoms with Crippen LogP contribution in [-0.4, -0.2) is 41.3 Å². The standard InChI is InChI=1S/C18H26N4O2/c1-12-7-8-16(24-6)15(9-12)10-21(4)11-17(23)19-18-13(2)20-22(5)14(18)3/h7-9H,10-11H2,1-6H3,(H,19,23). The molecule has 0 saturated carbocycles. The number of anilines is 1. The smallest absolute Gasteiger partial charge is 0.238 e. The minimum absolute atomic E-state index is 0.0525. The molecule has 0 fully saturated rings. The topological polar surface area (TPSA) is 59.4 Å². The predicted octanol–water partition coefficient (Wildman–Crippen LogP) is 2.42. The lowest BCUT2D eigenvalue weighted by molar-refractivity contribution is -0.117. The van der Waals surface area contributed by atoms with E-state index < -0.39 is 0 Å². The van der Waals surface area contributed by atoms with Gasteiger partial charge in [-0.1, -0.05) is 17.7 Å². The van der Waals surface area contributed by atoms with Crippen molar-refractivity contribution in [2.24, 2.45) is 7.05 Å². The zero-order valence-electron chi connectivity index (χ0n) is 15.3. The maximum absolute atomic E-state index is 12.3. The number of benzene rings is 1. The Morgan fingerprint density at radius 3 is 2.62 bits per heavy atom. The zero-order chi connectivity index (χ0) is 17.9. The third kappa shape index (κ3) is 4.14. The molecule has 6 heteroatoms. The van der Waals surface area contributed by atoms with Crippen LogP contribution in [0.5, 0.6) is 5.75 Å². The molecule has 0 atom stereocenters. The molecule has 130 valence electrons. The molecule has 0 spiro atoms. The van der Waals surface area contributed by atoms with Crippen molar-refractivity contribution in [3.8, 4) is 5.75 Å². The summed E-state index contributed by atoms with van der Waals surface area (Å²) in [7, 11) is 5.45. The van der Waals surface area contributed by atoms with E-state index in [0.29, 0.717) is 13.1 Å². The van der Waals surface area contributed by atoms with Gasteiger partial charge < -0.3 is 10.1 Å². The van der Waals surface area contributed by atoms with Gasteiger partial charge in [0.05, 0.1) is 30.7 Å². The molecular formula is C18H26N4O2. The molecular weight excluding hydrogens is 304 g/mol. The van der Waals surface area contributed by atoms with E-state index in [2.05, 4.69) is 16.5 Å². The molecule has 0 aliphatic rings. The van der Waals surface area contributed by atoms with Gasteiger partial charge >= 0.3 is 0 Å². The lowest BCUT2D eigenvalue weighted by atomic mass is 10.1. The first-order valence-corrected chi connectivity index (χ1v) is 7.94.